The summed E-state index contributed by atoms with van der Waals surface area (Å²) in [4.78, 5) is 9.26. The van der Waals surface area contributed by atoms with Crippen molar-refractivity contribution >= 4 is 11.8 Å². The van der Waals surface area contributed by atoms with Crippen molar-refractivity contribution < 1.29 is 9.90 Å². The molecular weight excluding hydrogens is 204 g/mol. The highest BCUT2D eigenvalue weighted by molar-refractivity contribution is 5.63. The summed E-state index contributed by atoms with van der Waals surface area (Å²) < 4.78 is 0. The van der Waals surface area contributed by atoms with E-state index in [-0.39, 0.29) is 0 Å². The highest BCUT2D eigenvalue weighted by Gasteiger charge is 1.97. The van der Waals surface area contributed by atoms with Gasteiger partial charge >= 0.3 is 6.09 Å². The number of benzene rings is 1. The van der Waals surface area contributed by atoms with Crippen LogP contribution in [0.3, 0.4) is 0 Å². The first kappa shape index (κ1) is 13.8. The van der Waals surface area contributed by atoms with E-state index in [1.807, 2.05) is 30.4 Å². The Labute approximate surface area is 95.5 Å². The lowest BCUT2D eigenvalue weighted by molar-refractivity contribution is 0.197. The summed E-state index contributed by atoms with van der Waals surface area (Å²) in [6.07, 6.45) is 4.86. The number of rotatable bonds is 1. The Morgan fingerprint density at radius 2 is 2.19 bits per heavy atom. The molecule has 4 nitrogen and oxygen atoms in total. The van der Waals surface area contributed by atoms with Gasteiger partial charge in [-0.25, -0.2) is 4.79 Å². The first-order valence-electron chi connectivity index (χ1n) is 4.71. The van der Waals surface area contributed by atoms with Crippen LogP contribution in [0.25, 0.3) is 0 Å². The smallest absolute Gasteiger partial charge is 0.404 e. The summed E-state index contributed by atoms with van der Waals surface area (Å²) in [5.74, 6) is 2.60. The van der Waals surface area contributed by atoms with Gasteiger partial charge in [-0.3, -0.25) is 0 Å². The third-order valence-corrected chi connectivity index (χ3v) is 1.99. The third-order valence-electron chi connectivity index (χ3n) is 1.99. The number of carbonyl (C=O) groups is 1. The fourth-order valence-electron chi connectivity index (χ4n) is 1.00. The molecule has 0 atom stereocenters. The molecule has 0 heterocycles. The molecule has 0 radical (unpaired) electrons. The maximum Gasteiger partial charge on any atom is 0.404 e. The lowest BCUT2D eigenvalue weighted by Gasteiger charge is -2.03. The molecule has 0 aliphatic rings. The number of hydrogen-bond acceptors (Lipinski definition) is 2. The first-order chi connectivity index (χ1) is 7.52. The molecule has 86 valence electrons. The van der Waals surface area contributed by atoms with Crippen molar-refractivity contribution in [2.45, 2.75) is 13.3 Å². The second-order valence-corrected chi connectivity index (χ2v) is 3.07. The van der Waals surface area contributed by atoms with E-state index in [0.717, 1.165) is 16.8 Å². The molecule has 1 aromatic carbocycles. The van der Waals surface area contributed by atoms with Crippen LogP contribution in [-0.4, -0.2) is 18.2 Å². The number of carboxylic acid groups (broad SMARTS) is 1. The van der Waals surface area contributed by atoms with Crippen LogP contribution in [0.2, 0.25) is 0 Å². The van der Waals surface area contributed by atoms with Crippen LogP contribution in [0, 0.1) is 19.3 Å². The van der Waals surface area contributed by atoms with E-state index in [1.54, 1.807) is 0 Å². The van der Waals surface area contributed by atoms with Crippen LogP contribution in [0.1, 0.15) is 11.1 Å². The molecule has 0 aromatic heterocycles. The fourth-order valence-corrected chi connectivity index (χ4v) is 1.00. The lowest BCUT2D eigenvalue weighted by Crippen LogP contribution is -2.13. The molecule has 0 fully saturated rings. The standard InChI is InChI=1S/C10H11N.C2H5NO2/c1-3-5-9-6-4-7-10(11)8(9)2;1-3-2(4)5/h1,4,6-7H,5,11H2,2H3;3H,1H3,(H,4,5). The van der Waals surface area contributed by atoms with Crippen LogP contribution < -0.4 is 11.1 Å². The molecule has 0 unspecified atom stereocenters. The van der Waals surface area contributed by atoms with Gasteiger partial charge < -0.3 is 16.2 Å². The zero-order valence-electron chi connectivity index (χ0n) is 9.45. The number of nitrogens with two attached hydrogens (primary N) is 1. The molecule has 1 rings (SSSR count). The number of hydrogen-bond donors (Lipinski definition) is 3. The summed E-state index contributed by atoms with van der Waals surface area (Å²) in [5.41, 5.74) is 8.75. The van der Waals surface area contributed by atoms with E-state index >= 15 is 0 Å². The van der Waals surface area contributed by atoms with Gasteiger partial charge in [0.2, 0.25) is 0 Å². The molecule has 4 N–H and O–H groups in total. The predicted octanol–water partition coefficient (Wildman–Crippen LogP) is 1.64. The topological polar surface area (TPSA) is 75.3 Å². The fraction of sp³-hybridized carbons (Fsp3) is 0.250. The molecule has 0 bridgehead atoms. The molecule has 0 aliphatic heterocycles. The Morgan fingerprint density at radius 3 is 2.62 bits per heavy atom. The minimum absolute atomic E-state index is 0.664. The Bertz CT molecular complexity index is 394. The van der Waals surface area contributed by atoms with Gasteiger partial charge in [0.15, 0.2) is 0 Å². The van der Waals surface area contributed by atoms with Gasteiger partial charge in [-0.1, -0.05) is 12.1 Å². The van der Waals surface area contributed by atoms with Gasteiger partial charge in [0.05, 0.1) is 0 Å². The minimum Gasteiger partial charge on any atom is -0.465 e. The van der Waals surface area contributed by atoms with Crippen LogP contribution in [0.15, 0.2) is 18.2 Å². The van der Waals surface area contributed by atoms with Crippen molar-refractivity contribution in [1.29, 1.82) is 0 Å². The Hall–Kier alpha value is -2.15. The highest BCUT2D eigenvalue weighted by Crippen LogP contribution is 2.15. The largest absolute Gasteiger partial charge is 0.465 e. The van der Waals surface area contributed by atoms with E-state index in [9.17, 15) is 4.79 Å². The van der Waals surface area contributed by atoms with Crippen molar-refractivity contribution in [2.75, 3.05) is 12.8 Å². The SMILES string of the molecule is C#CCc1cccc(N)c1C.CNC(=O)O. The second-order valence-electron chi connectivity index (χ2n) is 3.07. The third kappa shape index (κ3) is 4.91. The van der Waals surface area contributed by atoms with Gasteiger partial charge in [-0.2, -0.15) is 0 Å². The first-order valence-corrected chi connectivity index (χ1v) is 4.71. The summed E-state index contributed by atoms with van der Waals surface area (Å²) in [6, 6.07) is 5.82. The van der Waals surface area contributed by atoms with E-state index in [4.69, 9.17) is 17.3 Å². The second kappa shape index (κ2) is 7.18. The van der Waals surface area contributed by atoms with Gasteiger partial charge in [0, 0.05) is 19.2 Å². The summed E-state index contributed by atoms with van der Waals surface area (Å²) in [5, 5.41) is 9.56. The number of anilines is 1. The monoisotopic (exact) mass is 220 g/mol. The summed E-state index contributed by atoms with van der Waals surface area (Å²) >= 11 is 0. The van der Waals surface area contributed by atoms with E-state index < -0.39 is 6.09 Å². The van der Waals surface area contributed by atoms with Crippen LogP contribution in [-0.2, 0) is 6.42 Å². The average molecular weight is 220 g/mol. The zero-order chi connectivity index (χ0) is 12.6. The van der Waals surface area contributed by atoms with Gasteiger partial charge in [0.25, 0.3) is 0 Å². The van der Waals surface area contributed by atoms with Gasteiger partial charge in [0.1, 0.15) is 0 Å². The molecule has 1 amide bonds. The normalized spacial score (nSPS) is 8.31. The number of terminal acetylenes is 1. The highest BCUT2D eigenvalue weighted by atomic mass is 16.4. The summed E-state index contributed by atoms with van der Waals surface area (Å²) in [6.45, 7) is 1.99. The van der Waals surface area contributed by atoms with Crippen molar-refractivity contribution in [3.05, 3.63) is 29.3 Å². The molecule has 16 heavy (non-hydrogen) atoms. The molecule has 0 spiro atoms. The van der Waals surface area contributed by atoms with Gasteiger partial charge in [-0.15, -0.1) is 12.3 Å². The number of nitrogen functional groups attached to an aromatic ring is 1. The molecular formula is C12H16N2O2. The molecule has 0 saturated heterocycles. The molecule has 4 heteroatoms. The van der Waals surface area contributed by atoms with Crippen molar-refractivity contribution in [1.82, 2.24) is 5.32 Å². The summed E-state index contributed by atoms with van der Waals surface area (Å²) in [7, 11) is 1.35. The molecule has 0 aliphatic carbocycles. The Kier molecular flexibility index (Phi) is 6.22. The number of nitrogens with one attached hydrogen (secondary N) is 1. The van der Waals surface area contributed by atoms with Crippen molar-refractivity contribution in [2.24, 2.45) is 0 Å². The number of amides is 1. The maximum atomic E-state index is 9.26. The lowest BCUT2D eigenvalue weighted by atomic mass is 10.0. The predicted molar refractivity (Wildman–Crippen MR) is 65.2 cm³/mol. The van der Waals surface area contributed by atoms with E-state index in [2.05, 4.69) is 5.92 Å². The maximum absolute atomic E-state index is 9.26. The van der Waals surface area contributed by atoms with E-state index in [0.29, 0.717) is 6.42 Å². The Morgan fingerprint density at radius 1 is 1.62 bits per heavy atom. The van der Waals surface area contributed by atoms with Crippen molar-refractivity contribution in [3.63, 3.8) is 0 Å². The van der Waals surface area contributed by atoms with Crippen LogP contribution in [0.4, 0.5) is 10.5 Å². The van der Waals surface area contributed by atoms with Crippen molar-refractivity contribution in [3.8, 4) is 12.3 Å². The Balaban J connectivity index is 0.000000385. The average Bonchev–Trinajstić information content (AvgIpc) is 2.26. The van der Waals surface area contributed by atoms with Crippen LogP contribution >= 0.6 is 0 Å². The van der Waals surface area contributed by atoms with E-state index in [1.165, 1.54) is 7.05 Å². The van der Waals surface area contributed by atoms with Crippen LogP contribution in [0.5, 0.6) is 0 Å². The quantitative estimate of drug-likeness (QED) is 0.497. The molecule has 0 saturated carbocycles. The minimum atomic E-state index is -0.995. The van der Waals surface area contributed by atoms with Gasteiger partial charge in [-0.05, 0) is 24.1 Å². The zero-order valence-corrected chi connectivity index (χ0v) is 9.45. The molecule has 1 aromatic rings.